The fraction of sp³-hybridized carbons (Fsp3) is 0.438. The number of hydrogen-bond donors (Lipinski definition) is 2. The van der Waals surface area contributed by atoms with Crippen LogP contribution in [0.5, 0.6) is 0 Å². The summed E-state index contributed by atoms with van der Waals surface area (Å²) in [5.41, 5.74) is 1.77. The Hall–Kier alpha value is -1.46. The van der Waals surface area contributed by atoms with E-state index in [4.69, 9.17) is 9.52 Å². The van der Waals surface area contributed by atoms with Crippen LogP contribution in [-0.4, -0.2) is 28.6 Å². The number of fused-ring (bicyclic) bond motifs is 1. The maximum atomic E-state index is 10.9. The lowest BCUT2D eigenvalue weighted by Crippen LogP contribution is -2.43. The molecule has 1 aromatic heterocycles. The van der Waals surface area contributed by atoms with Crippen LogP contribution in [0.2, 0.25) is 0 Å². The third-order valence-corrected chi connectivity index (χ3v) is 5.68. The van der Waals surface area contributed by atoms with E-state index in [-0.39, 0.29) is 5.76 Å². The lowest BCUT2D eigenvalue weighted by atomic mass is 9.84. The van der Waals surface area contributed by atoms with Gasteiger partial charge in [0.15, 0.2) is 0 Å². The van der Waals surface area contributed by atoms with Gasteiger partial charge in [-0.2, -0.15) is 11.8 Å². The van der Waals surface area contributed by atoms with E-state index >= 15 is 0 Å². The van der Waals surface area contributed by atoms with Crippen LogP contribution in [0, 0.1) is 0 Å². The molecule has 0 aliphatic heterocycles. The number of thioether (sulfide) groups is 1. The second kappa shape index (κ2) is 5.73. The molecule has 0 amide bonds. The Kier molecular flexibility index (Phi) is 3.95. The summed E-state index contributed by atoms with van der Waals surface area (Å²) in [6.07, 6.45) is 6.11. The standard InChI is InChI=1S/C16H19NO3S/c1-21-16(5-2-6-16)10-17-9-11-3-4-13-12(7-11)8-14(20-13)15(18)19/h3-4,7-8,17H,2,5-6,9-10H2,1H3,(H,18,19). The molecule has 0 bridgehead atoms. The molecule has 1 aromatic carbocycles. The highest BCUT2D eigenvalue weighted by Gasteiger charge is 2.35. The average Bonchev–Trinajstić information content (AvgIpc) is 2.85. The summed E-state index contributed by atoms with van der Waals surface area (Å²) >= 11 is 1.96. The zero-order valence-electron chi connectivity index (χ0n) is 12.0. The number of benzene rings is 1. The fourth-order valence-corrected chi connectivity index (χ4v) is 3.71. The number of hydrogen-bond acceptors (Lipinski definition) is 4. The zero-order valence-corrected chi connectivity index (χ0v) is 12.8. The van der Waals surface area contributed by atoms with Crippen LogP contribution in [-0.2, 0) is 6.54 Å². The molecule has 1 fully saturated rings. The minimum atomic E-state index is -1.03. The van der Waals surface area contributed by atoms with Gasteiger partial charge in [-0.05, 0) is 42.9 Å². The maximum Gasteiger partial charge on any atom is 0.371 e. The second-order valence-corrected chi connectivity index (χ2v) is 6.91. The number of aromatic carboxylic acids is 1. The van der Waals surface area contributed by atoms with Gasteiger partial charge in [-0.25, -0.2) is 4.79 Å². The number of rotatable bonds is 6. The van der Waals surface area contributed by atoms with E-state index in [1.54, 1.807) is 6.07 Å². The summed E-state index contributed by atoms with van der Waals surface area (Å²) in [5, 5.41) is 13.3. The monoisotopic (exact) mass is 305 g/mol. The van der Waals surface area contributed by atoms with Crippen molar-refractivity contribution < 1.29 is 14.3 Å². The van der Waals surface area contributed by atoms with Crippen LogP contribution >= 0.6 is 11.8 Å². The summed E-state index contributed by atoms with van der Waals surface area (Å²) < 4.78 is 5.69. The van der Waals surface area contributed by atoms with Gasteiger partial charge in [0.2, 0.25) is 5.76 Å². The molecule has 4 nitrogen and oxygen atoms in total. The highest BCUT2D eigenvalue weighted by molar-refractivity contribution is 8.00. The highest BCUT2D eigenvalue weighted by Crippen LogP contribution is 2.42. The van der Waals surface area contributed by atoms with Gasteiger partial charge in [0.25, 0.3) is 0 Å². The van der Waals surface area contributed by atoms with Crippen molar-refractivity contribution in [3.63, 3.8) is 0 Å². The molecule has 112 valence electrons. The Balaban J connectivity index is 1.65. The van der Waals surface area contributed by atoms with E-state index < -0.39 is 5.97 Å². The van der Waals surface area contributed by atoms with E-state index in [2.05, 4.69) is 11.6 Å². The lowest BCUT2D eigenvalue weighted by molar-refractivity contribution is 0.0665. The third-order valence-electron chi connectivity index (χ3n) is 4.27. The van der Waals surface area contributed by atoms with Crippen LogP contribution < -0.4 is 5.32 Å². The van der Waals surface area contributed by atoms with Crippen molar-refractivity contribution in [2.45, 2.75) is 30.6 Å². The first-order chi connectivity index (χ1) is 10.1. The minimum absolute atomic E-state index is 0.00841. The van der Waals surface area contributed by atoms with Crippen molar-refractivity contribution in [1.82, 2.24) is 5.32 Å². The van der Waals surface area contributed by atoms with Gasteiger partial charge in [-0.1, -0.05) is 12.5 Å². The molecule has 1 saturated carbocycles. The van der Waals surface area contributed by atoms with E-state index in [9.17, 15) is 4.79 Å². The summed E-state index contributed by atoms with van der Waals surface area (Å²) in [5.74, 6) is -1.04. The van der Waals surface area contributed by atoms with E-state index in [0.717, 1.165) is 24.0 Å². The first kappa shape index (κ1) is 14.5. The van der Waals surface area contributed by atoms with Gasteiger partial charge in [-0.3, -0.25) is 0 Å². The predicted molar refractivity (Wildman–Crippen MR) is 85.0 cm³/mol. The molecule has 5 heteroatoms. The molecular formula is C16H19NO3S. The Labute approximate surface area is 127 Å². The molecule has 2 aromatic rings. The summed E-state index contributed by atoms with van der Waals surface area (Å²) in [6, 6.07) is 7.39. The maximum absolute atomic E-state index is 10.9. The van der Waals surface area contributed by atoms with Crippen LogP contribution in [0.3, 0.4) is 0 Å². The van der Waals surface area contributed by atoms with Crippen LogP contribution in [0.25, 0.3) is 11.0 Å². The Morgan fingerprint density at radius 2 is 2.24 bits per heavy atom. The third kappa shape index (κ3) is 2.94. The van der Waals surface area contributed by atoms with Crippen molar-refractivity contribution in [2.75, 3.05) is 12.8 Å². The topological polar surface area (TPSA) is 62.5 Å². The molecule has 0 spiro atoms. The minimum Gasteiger partial charge on any atom is -0.475 e. The van der Waals surface area contributed by atoms with Gasteiger partial charge < -0.3 is 14.8 Å². The largest absolute Gasteiger partial charge is 0.475 e. The van der Waals surface area contributed by atoms with E-state index in [0.29, 0.717) is 10.3 Å². The number of nitrogens with one attached hydrogen (secondary N) is 1. The Morgan fingerprint density at radius 3 is 2.86 bits per heavy atom. The van der Waals surface area contributed by atoms with Crippen LogP contribution in [0.15, 0.2) is 28.7 Å². The van der Waals surface area contributed by atoms with Gasteiger partial charge in [-0.15, -0.1) is 0 Å². The van der Waals surface area contributed by atoms with Gasteiger partial charge >= 0.3 is 5.97 Å². The molecular weight excluding hydrogens is 286 g/mol. The number of carboxylic acids is 1. The summed E-state index contributed by atoms with van der Waals surface area (Å²) in [4.78, 5) is 10.9. The number of furan rings is 1. The van der Waals surface area contributed by atoms with Crippen LogP contribution in [0.1, 0.15) is 35.4 Å². The van der Waals surface area contributed by atoms with Gasteiger partial charge in [0, 0.05) is 23.2 Å². The Bertz CT molecular complexity index is 655. The SMILES string of the molecule is CSC1(CNCc2ccc3oc(C(=O)O)cc3c2)CCC1. The smallest absolute Gasteiger partial charge is 0.371 e. The molecule has 0 atom stereocenters. The second-order valence-electron chi connectivity index (χ2n) is 5.63. The van der Waals surface area contributed by atoms with Gasteiger partial charge in [0.05, 0.1) is 0 Å². The van der Waals surface area contributed by atoms with Crippen molar-refractivity contribution >= 4 is 28.7 Å². The van der Waals surface area contributed by atoms with Crippen molar-refractivity contribution in [2.24, 2.45) is 0 Å². The number of carbonyl (C=O) groups is 1. The lowest BCUT2D eigenvalue weighted by Gasteiger charge is -2.40. The first-order valence-electron chi connectivity index (χ1n) is 7.14. The van der Waals surface area contributed by atoms with E-state index in [1.807, 2.05) is 30.0 Å². The quantitative estimate of drug-likeness (QED) is 0.855. The average molecular weight is 305 g/mol. The summed E-state index contributed by atoms with van der Waals surface area (Å²) in [7, 11) is 0. The summed E-state index contributed by atoms with van der Waals surface area (Å²) in [6.45, 7) is 1.82. The number of carboxylic acid groups (broad SMARTS) is 1. The molecule has 0 radical (unpaired) electrons. The normalized spacial score (nSPS) is 16.8. The Morgan fingerprint density at radius 1 is 1.43 bits per heavy atom. The van der Waals surface area contributed by atoms with E-state index in [1.165, 1.54) is 19.3 Å². The first-order valence-corrected chi connectivity index (χ1v) is 8.36. The zero-order chi connectivity index (χ0) is 14.9. The molecule has 0 saturated heterocycles. The van der Waals surface area contributed by atoms with Crippen LogP contribution in [0.4, 0.5) is 0 Å². The fourth-order valence-electron chi connectivity index (χ4n) is 2.77. The van der Waals surface area contributed by atoms with Crippen molar-refractivity contribution in [1.29, 1.82) is 0 Å². The van der Waals surface area contributed by atoms with Gasteiger partial charge in [0.1, 0.15) is 5.58 Å². The molecule has 21 heavy (non-hydrogen) atoms. The molecule has 2 N–H and O–H groups in total. The molecule has 3 rings (SSSR count). The van der Waals surface area contributed by atoms with Crippen molar-refractivity contribution in [3.8, 4) is 0 Å². The van der Waals surface area contributed by atoms with Crippen molar-refractivity contribution in [3.05, 3.63) is 35.6 Å². The predicted octanol–water partition coefficient (Wildman–Crippen LogP) is 3.51. The molecule has 1 heterocycles. The molecule has 1 aliphatic carbocycles. The molecule has 1 aliphatic rings. The molecule has 0 unspecified atom stereocenters. The highest BCUT2D eigenvalue weighted by atomic mass is 32.2.